The SMILES string of the molecule is CCOCCCCN=C(NCCc1ccccc1)NCCc1ccco1. The fourth-order valence-corrected chi connectivity index (χ4v) is 2.55. The van der Waals surface area contributed by atoms with Crippen LogP contribution in [0.25, 0.3) is 0 Å². The molecule has 0 aliphatic rings. The van der Waals surface area contributed by atoms with Crippen molar-refractivity contribution < 1.29 is 9.15 Å². The van der Waals surface area contributed by atoms with Crippen molar-refractivity contribution in [1.29, 1.82) is 0 Å². The van der Waals surface area contributed by atoms with Crippen LogP contribution in [0.2, 0.25) is 0 Å². The number of rotatable bonds is 12. The second-order valence-electron chi connectivity index (χ2n) is 6.05. The van der Waals surface area contributed by atoms with Crippen LogP contribution in [0.4, 0.5) is 0 Å². The molecule has 0 aliphatic heterocycles. The van der Waals surface area contributed by atoms with Crippen molar-refractivity contribution in [2.24, 2.45) is 4.99 Å². The van der Waals surface area contributed by atoms with Crippen LogP contribution in [-0.2, 0) is 17.6 Å². The lowest BCUT2D eigenvalue weighted by molar-refractivity contribution is 0.144. The van der Waals surface area contributed by atoms with Crippen LogP contribution in [0.15, 0.2) is 58.1 Å². The van der Waals surface area contributed by atoms with Gasteiger partial charge < -0.3 is 19.8 Å². The first kappa shape index (κ1) is 20.0. The van der Waals surface area contributed by atoms with Gasteiger partial charge in [0.2, 0.25) is 0 Å². The van der Waals surface area contributed by atoms with Crippen LogP contribution >= 0.6 is 0 Å². The molecule has 5 heteroatoms. The van der Waals surface area contributed by atoms with Gasteiger partial charge >= 0.3 is 0 Å². The van der Waals surface area contributed by atoms with Crippen LogP contribution < -0.4 is 10.6 Å². The molecule has 0 bridgehead atoms. The van der Waals surface area contributed by atoms with Gasteiger partial charge in [-0.25, -0.2) is 0 Å². The zero-order valence-corrected chi connectivity index (χ0v) is 15.7. The van der Waals surface area contributed by atoms with Crippen molar-refractivity contribution in [1.82, 2.24) is 10.6 Å². The van der Waals surface area contributed by atoms with Gasteiger partial charge in [-0.15, -0.1) is 0 Å². The van der Waals surface area contributed by atoms with Crippen LogP contribution in [0.3, 0.4) is 0 Å². The minimum Gasteiger partial charge on any atom is -0.469 e. The van der Waals surface area contributed by atoms with Crippen molar-refractivity contribution in [3.63, 3.8) is 0 Å². The van der Waals surface area contributed by atoms with Gasteiger partial charge in [0.15, 0.2) is 5.96 Å². The first-order valence-corrected chi connectivity index (χ1v) is 9.54. The molecule has 5 nitrogen and oxygen atoms in total. The van der Waals surface area contributed by atoms with Crippen LogP contribution in [0.1, 0.15) is 31.1 Å². The summed E-state index contributed by atoms with van der Waals surface area (Å²) in [4.78, 5) is 4.68. The average molecular weight is 357 g/mol. The van der Waals surface area contributed by atoms with Crippen molar-refractivity contribution >= 4 is 5.96 Å². The summed E-state index contributed by atoms with van der Waals surface area (Å²) in [5.74, 6) is 1.85. The lowest BCUT2D eigenvalue weighted by Crippen LogP contribution is -2.39. The third-order valence-corrected chi connectivity index (χ3v) is 3.96. The van der Waals surface area contributed by atoms with E-state index in [0.717, 1.165) is 70.3 Å². The highest BCUT2D eigenvalue weighted by Crippen LogP contribution is 2.00. The van der Waals surface area contributed by atoms with Gasteiger partial charge in [-0.3, -0.25) is 4.99 Å². The highest BCUT2D eigenvalue weighted by atomic mass is 16.5. The molecule has 0 radical (unpaired) electrons. The van der Waals surface area contributed by atoms with Crippen molar-refractivity contribution in [2.75, 3.05) is 32.8 Å². The molecule has 2 aromatic rings. The first-order chi connectivity index (χ1) is 12.9. The zero-order valence-electron chi connectivity index (χ0n) is 15.7. The molecule has 2 N–H and O–H groups in total. The maximum Gasteiger partial charge on any atom is 0.191 e. The van der Waals surface area contributed by atoms with Crippen LogP contribution in [0, 0.1) is 0 Å². The molecule has 0 amide bonds. The van der Waals surface area contributed by atoms with Crippen molar-refractivity contribution in [2.45, 2.75) is 32.6 Å². The number of guanidine groups is 1. The lowest BCUT2D eigenvalue weighted by atomic mass is 10.1. The second-order valence-corrected chi connectivity index (χ2v) is 6.05. The van der Waals surface area contributed by atoms with Gasteiger partial charge in [-0.2, -0.15) is 0 Å². The van der Waals surface area contributed by atoms with Crippen molar-refractivity contribution in [3.8, 4) is 0 Å². The molecule has 0 atom stereocenters. The van der Waals surface area contributed by atoms with E-state index in [4.69, 9.17) is 9.15 Å². The first-order valence-electron chi connectivity index (χ1n) is 9.54. The summed E-state index contributed by atoms with van der Waals surface area (Å²) < 4.78 is 10.7. The van der Waals surface area contributed by atoms with E-state index in [1.165, 1.54) is 5.56 Å². The molecular formula is C21H31N3O2. The Morgan fingerprint density at radius 3 is 2.54 bits per heavy atom. The number of benzene rings is 1. The number of hydrogen-bond donors (Lipinski definition) is 2. The van der Waals surface area contributed by atoms with E-state index in [0.29, 0.717) is 0 Å². The Morgan fingerprint density at radius 2 is 1.81 bits per heavy atom. The maximum absolute atomic E-state index is 5.38. The number of ether oxygens (including phenoxy) is 1. The van der Waals surface area contributed by atoms with E-state index in [2.05, 4.69) is 39.9 Å². The summed E-state index contributed by atoms with van der Waals surface area (Å²) in [5.41, 5.74) is 1.33. The second kappa shape index (κ2) is 13.0. The number of hydrogen-bond acceptors (Lipinski definition) is 3. The molecular weight excluding hydrogens is 326 g/mol. The molecule has 0 aliphatic carbocycles. The predicted octanol–water partition coefficient (Wildman–Crippen LogP) is 3.42. The number of nitrogens with zero attached hydrogens (tertiary/aromatic N) is 1. The molecule has 1 heterocycles. The third-order valence-electron chi connectivity index (χ3n) is 3.96. The van der Waals surface area contributed by atoms with E-state index in [1.54, 1.807) is 6.26 Å². The largest absolute Gasteiger partial charge is 0.469 e. The molecule has 2 rings (SSSR count). The van der Waals surface area contributed by atoms with Gasteiger partial charge in [-0.1, -0.05) is 30.3 Å². The quantitative estimate of drug-likeness (QED) is 0.347. The van der Waals surface area contributed by atoms with Gasteiger partial charge in [0.05, 0.1) is 6.26 Å². The number of nitrogens with one attached hydrogen (secondary N) is 2. The molecule has 0 saturated carbocycles. The van der Waals surface area contributed by atoms with Crippen LogP contribution in [0.5, 0.6) is 0 Å². The number of aliphatic imine (C=N–C) groups is 1. The smallest absolute Gasteiger partial charge is 0.191 e. The monoisotopic (exact) mass is 357 g/mol. The predicted molar refractivity (Wildman–Crippen MR) is 107 cm³/mol. The molecule has 0 spiro atoms. The summed E-state index contributed by atoms with van der Waals surface area (Å²) in [6.07, 6.45) is 5.60. The fraction of sp³-hybridized carbons (Fsp3) is 0.476. The normalized spacial score (nSPS) is 11.5. The van der Waals surface area contributed by atoms with Gasteiger partial charge in [0, 0.05) is 39.3 Å². The summed E-state index contributed by atoms with van der Waals surface area (Å²) in [5, 5.41) is 6.82. The Kier molecular flexibility index (Phi) is 10.0. The maximum atomic E-state index is 5.38. The summed E-state index contributed by atoms with van der Waals surface area (Å²) in [7, 11) is 0. The lowest BCUT2D eigenvalue weighted by Gasteiger charge is -2.12. The minimum absolute atomic E-state index is 0.782. The Bertz CT molecular complexity index is 597. The van der Waals surface area contributed by atoms with E-state index < -0.39 is 0 Å². The average Bonchev–Trinajstić information content (AvgIpc) is 3.18. The number of furan rings is 1. The Hall–Kier alpha value is -2.27. The molecule has 26 heavy (non-hydrogen) atoms. The Balaban J connectivity index is 1.73. The highest BCUT2D eigenvalue weighted by molar-refractivity contribution is 5.79. The molecule has 0 fully saturated rings. The molecule has 142 valence electrons. The van der Waals surface area contributed by atoms with Crippen molar-refractivity contribution in [3.05, 3.63) is 60.1 Å². The summed E-state index contributed by atoms with van der Waals surface area (Å²) >= 11 is 0. The highest BCUT2D eigenvalue weighted by Gasteiger charge is 2.01. The Labute approximate surface area is 156 Å². The number of unbranched alkanes of at least 4 members (excludes halogenated alkanes) is 1. The molecule has 0 saturated heterocycles. The van der Waals surface area contributed by atoms with E-state index in [9.17, 15) is 0 Å². The van der Waals surface area contributed by atoms with Crippen LogP contribution in [-0.4, -0.2) is 38.8 Å². The summed E-state index contributed by atoms with van der Waals surface area (Å²) in [6.45, 7) is 6.07. The van der Waals surface area contributed by atoms with E-state index in [1.807, 2.05) is 25.1 Å². The topological polar surface area (TPSA) is 58.8 Å². The standard InChI is InChI=1S/C21H31N3O2/c1-2-25-17-7-6-14-22-21(24-16-13-20-11-8-18-26-20)23-15-12-19-9-4-3-5-10-19/h3-5,8-11,18H,2,6-7,12-17H2,1H3,(H2,22,23,24). The zero-order chi connectivity index (χ0) is 18.3. The van der Waals surface area contributed by atoms with Gasteiger partial charge in [0.25, 0.3) is 0 Å². The minimum atomic E-state index is 0.782. The molecule has 1 aromatic heterocycles. The van der Waals surface area contributed by atoms with Gasteiger partial charge in [0.1, 0.15) is 5.76 Å². The fourth-order valence-electron chi connectivity index (χ4n) is 2.55. The van der Waals surface area contributed by atoms with Gasteiger partial charge in [-0.05, 0) is 43.9 Å². The Morgan fingerprint density at radius 1 is 1.00 bits per heavy atom. The van der Waals surface area contributed by atoms with E-state index >= 15 is 0 Å². The summed E-state index contributed by atoms with van der Waals surface area (Å²) in [6, 6.07) is 14.4. The third kappa shape index (κ3) is 8.72. The molecule has 1 aromatic carbocycles. The van der Waals surface area contributed by atoms with E-state index in [-0.39, 0.29) is 0 Å². The molecule has 0 unspecified atom stereocenters.